The summed E-state index contributed by atoms with van der Waals surface area (Å²) in [6.45, 7) is 4.39. The fraction of sp³-hybridized carbons (Fsp3) is 0.400. The minimum Gasteiger partial charge on any atom is -0.348 e. The fourth-order valence-electron chi connectivity index (χ4n) is 5.43. The van der Waals surface area contributed by atoms with E-state index in [-0.39, 0.29) is 29.4 Å². The minimum atomic E-state index is -0.241. The van der Waals surface area contributed by atoms with Crippen LogP contribution in [-0.2, 0) is 0 Å². The zero-order valence-corrected chi connectivity index (χ0v) is 18.8. The van der Waals surface area contributed by atoms with E-state index in [0.29, 0.717) is 5.92 Å². The molecule has 8 heteroatoms. The second-order valence-corrected chi connectivity index (χ2v) is 9.00. The van der Waals surface area contributed by atoms with Gasteiger partial charge in [0.2, 0.25) is 0 Å². The standard InChI is InChI=1S/C25H28FN5O2/c1-3-4-19(29-25(32)22-14-28-33-30-22)11-16-5-6-17-12-23-21(15(2)24(16)17)13-27-31(23)20-9-7-18(26)8-10-20/h7-10,12-16,19,27H,3-6,11H2,1-2H3,(H,29,32)/t15-,16+,19?/m0/s1. The molecule has 0 fully saturated rings. The summed E-state index contributed by atoms with van der Waals surface area (Å²) in [5, 5.41) is 12.3. The van der Waals surface area contributed by atoms with Gasteiger partial charge in [-0.25, -0.2) is 9.02 Å². The number of allylic oxidation sites excluding steroid dienone is 4. The van der Waals surface area contributed by atoms with Gasteiger partial charge >= 0.3 is 0 Å². The van der Waals surface area contributed by atoms with Crippen LogP contribution in [-0.4, -0.2) is 22.3 Å². The highest BCUT2D eigenvalue weighted by atomic mass is 19.1. The Morgan fingerprint density at radius 3 is 2.91 bits per heavy atom. The van der Waals surface area contributed by atoms with E-state index in [1.807, 2.05) is 5.01 Å². The number of benzene rings is 1. The Kier molecular flexibility index (Phi) is 5.74. The number of nitrogens with zero attached hydrogens (tertiary/aromatic N) is 3. The van der Waals surface area contributed by atoms with Crippen molar-refractivity contribution in [3.8, 4) is 0 Å². The number of rotatable bonds is 7. The molecule has 172 valence electrons. The lowest BCUT2D eigenvalue weighted by Gasteiger charge is -2.31. The molecule has 0 spiro atoms. The van der Waals surface area contributed by atoms with Gasteiger partial charge in [-0.15, -0.1) is 0 Å². The van der Waals surface area contributed by atoms with Crippen LogP contribution in [0, 0.1) is 17.7 Å². The van der Waals surface area contributed by atoms with Gasteiger partial charge in [-0.2, -0.15) is 0 Å². The van der Waals surface area contributed by atoms with E-state index in [2.05, 4.69) is 51.8 Å². The molecule has 33 heavy (non-hydrogen) atoms. The molecule has 3 atom stereocenters. The monoisotopic (exact) mass is 449 g/mol. The van der Waals surface area contributed by atoms with Gasteiger partial charge in [-0.1, -0.05) is 31.0 Å². The van der Waals surface area contributed by atoms with Crippen LogP contribution >= 0.6 is 0 Å². The van der Waals surface area contributed by atoms with Crippen LogP contribution in [0.3, 0.4) is 0 Å². The second kappa shape index (κ2) is 8.84. The summed E-state index contributed by atoms with van der Waals surface area (Å²) in [5.41, 5.74) is 9.71. The first kappa shape index (κ1) is 21.4. The van der Waals surface area contributed by atoms with Gasteiger partial charge in [0, 0.05) is 23.7 Å². The molecular formula is C25H28FN5O2. The van der Waals surface area contributed by atoms with Crippen LogP contribution < -0.4 is 15.8 Å². The Morgan fingerprint density at radius 2 is 2.18 bits per heavy atom. The quantitative estimate of drug-likeness (QED) is 0.640. The molecule has 2 N–H and O–H groups in total. The molecule has 3 aliphatic rings. The number of carbonyl (C=O) groups is 1. The maximum Gasteiger partial charge on any atom is 0.275 e. The molecule has 2 aromatic rings. The van der Waals surface area contributed by atoms with E-state index in [1.54, 1.807) is 12.1 Å². The van der Waals surface area contributed by atoms with Gasteiger partial charge in [-0.05, 0) is 72.7 Å². The first-order valence-electron chi connectivity index (χ1n) is 11.6. The molecule has 0 saturated carbocycles. The van der Waals surface area contributed by atoms with Crippen LogP contribution in [0.15, 0.2) is 69.8 Å². The molecule has 2 heterocycles. The Morgan fingerprint density at radius 1 is 1.36 bits per heavy atom. The van der Waals surface area contributed by atoms with E-state index >= 15 is 0 Å². The highest BCUT2D eigenvalue weighted by Crippen LogP contribution is 2.49. The molecular weight excluding hydrogens is 421 g/mol. The average molecular weight is 450 g/mol. The SMILES string of the molecule is CCCC(C[C@H]1CCC2=C1[C@@H](C)C1=CNN(c3ccc(F)cc3)C1=C2)NC(=O)c1cnon1. The smallest absolute Gasteiger partial charge is 0.275 e. The first-order chi connectivity index (χ1) is 16.0. The average Bonchev–Trinajstić information content (AvgIpc) is 3.55. The maximum atomic E-state index is 13.4. The Labute approximate surface area is 192 Å². The number of fused-ring (bicyclic) bond motifs is 1. The Bertz CT molecular complexity index is 1120. The third kappa shape index (κ3) is 4.05. The van der Waals surface area contributed by atoms with E-state index in [0.717, 1.165) is 43.5 Å². The Hall–Kier alpha value is -3.42. The number of hydrazine groups is 1. The van der Waals surface area contributed by atoms with Crippen molar-refractivity contribution in [2.45, 2.75) is 52.0 Å². The van der Waals surface area contributed by atoms with Crippen LogP contribution in [0.1, 0.15) is 56.4 Å². The molecule has 1 unspecified atom stereocenters. The highest BCUT2D eigenvalue weighted by molar-refractivity contribution is 5.91. The molecule has 0 bridgehead atoms. The van der Waals surface area contributed by atoms with Crippen LogP contribution in [0.25, 0.3) is 0 Å². The van der Waals surface area contributed by atoms with Crippen molar-refractivity contribution in [3.63, 3.8) is 0 Å². The Balaban J connectivity index is 1.35. The zero-order valence-electron chi connectivity index (χ0n) is 18.8. The van der Waals surface area contributed by atoms with Crippen molar-refractivity contribution >= 4 is 11.6 Å². The van der Waals surface area contributed by atoms with Gasteiger partial charge in [0.15, 0.2) is 5.69 Å². The molecule has 1 aromatic carbocycles. The van der Waals surface area contributed by atoms with Crippen molar-refractivity contribution in [3.05, 3.63) is 76.7 Å². The van der Waals surface area contributed by atoms with Gasteiger partial charge in [-0.3, -0.25) is 9.80 Å². The summed E-state index contributed by atoms with van der Waals surface area (Å²) in [6, 6.07) is 6.60. The summed E-state index contributed by atoms with van der Waals surface area (Å²) in [4.78, 5) is 12.5. The fourth-order valence-corrected chi connectivity index (χ4v) is 5.43. The summed E-state index contributed by atoms with van der Waals surface area (Å²) in [7, 11) is 0. The first-order valence-corrected chi connectivity index (χ1v) is 11.6. The number of halogens is 1. The summed E-state index contributed by atoms with van der Waals surface area (Å²) < 4.78 is 18.0. The third-order valence-electron chi connectivity index (χ3n) is 6.92. The third-order valence-corrected chi connectivity index (χ3v) is 6.92. The van der Waals surface area contributed by atoms with Crippen molar-refractivity contribution in [2.75, 3.05) is 5.01 Å². The largest absolute Gasteiger partial charge is 0.348 e. The van der Waals surface area contributed by atoms with E-state index in [9.17, 15) is 9.18 Å². The van der Waals surface area contributed by atoms with Gasteiger partial charge in [0.05, 0.1) is 11.4 Å². The predicted molar refractivity (Wildman–Crippen MR) is 122 cm³/mol. The minimum absolute atomic E-state index is 0.0695. The van der Waals surface area contributed by atoms with Crippen molar-refractivity contribution in [2.24, 2.45) is 11.8 Å². The lowest BCUT2D eigenvalue weighted by Crippen LogP contribution is -2.37. The number of nitrogens with one attached hydrogen (secondary N) is 2. The van der Waals surface area contributed by atoms with Crippen molar-refractivity contribution in [1.82, 2.24) is 21.1 Å². The van der Waals surface area contributed by atoms with Crippen LogP contribution in [0.5, 0.6) is 0 Å². The number of anilines is 1. The molecule has 0 radical (unpaired) electrons. The van der Waals surface area contributed by atoms with Gasteiger partial charge in [0.1, 0.15) is 12.0 Å². The predicted octanol–water partition coefficient (Wildman–Crippen LogP) is 4.65. The molecule has 0 saturated heterocycles. The number of amides is 1. The molecule has 7 nitrogen and oxygen atoms in total. The molecule has 1 amide bonds. The van der Waals surface area contributed by atoms with Crippen LogP contribution in [0.4, 0.5) is 10.1 Å². The van der Waals surface area contributed by atoms with E-state index in [1.165, 1.54) is 35.0 Å². The van der Waals surface area contributed by atoms with E-state index < -0.39 is 0 Å². The van der Waals surface area contributed by atoms with E-state index in [4.69, 9.17) is 0 Å². The number of carbonyl (C=O) groups excluding carboxylic acids is 1. The second-order valence-electron chi connectivity index (χ2n) is 9.00. The number of hydrogen-bond donors (Lipinski definition) is 2. The summed E-state index contributed by atoms with van der Waals surface area (Å²) in [6.07, 6.45) is 10.6. The topological polar surface area (TPSA) is 83.3 Å². The van der Waals surface area contributed by atoms with Gasteiger partial charge in [0.25, 0.3) is 5.91 Å². The molecule has 2 aliphatic carbocycles. The zero-order chi connectivity index (χ0) is 22.9. The summed E-state index contributed by atoms with van der Waals surface area (Å²) in [5.74, 6) is 0.219. The lowest BCUT2D eigenvalue weighted by atomic mass is 9.78. The molecule has 1 aliphatic heterocycles. The maximum absolute atomic E-state index is 13.4. The normalized spacial score (nSPS) is 22.3. The molecule has 1 aromatic heterocycles. The number of hydrogen-bond acceptors (Lipinski definition) is 6. The van der Waals surface area contributed by atoms with Crippen molar-refractivity contribution < 1.29 is 13.8 Å². The van der Waals surface area contributed by atoms with Crippen molar-refractivity contribution in [1.29, 1.82) is 0 Å². The summed E-state index contributed by atoms with van der Waals surface area (Å²) >= 11 is 0. The lowest BCUT2D eigenvalue weighted by molar-refractivity contribution is 0.0919. The number of aromatic nitrogens is 2. The molecule has 5 rings (SSSR count). The van der Waals surface area contributed by atoms with Gasteiger partial charge < -0.3 is 10.7 Å². The highest BCUT2D eigenvalue weighted by Gasteiger charge is 2.38. The van der Waals surface area contributed by atoms with Crippen LogP contribution in [0.2, 0.25) is 0 Å².